The van der Waals surface area contributed by atoms with Crippen molar-refractivity contribution in [2.24, 2.45) is 5.73 Å². The number of benzene rings is 1. The van der Waals surface area contributed by atoms with Crippen molar-refractivity contribution in [2.45, 2.75) is 12.8 Å². The fraction of sp³-hybridized carbons (Fsp3) is 0.182. The molecular weight excluding hydrogens is 208 g/mol. The van der Waals surface area contributed by atoms with Crippen molar-refractivity contribution in [1.29, 1.82) is 0 Å². The summed E-state index contributed by atoms with van der Waals surface area (Å²) in [6.45, 7) is 0. The first-order valence-corrected chi connectivity index (χ1v) is 4.78. The monoisotopic (exact) mass is 221 g/mol. The normalized spacial score (nSPS) is 9.81. The predicted octanol–water partition coefficient (Wildman–Crippen LogP) is 1.12. The van der Waals surface area contributed by atoms with E-state index < -0.39 is 11.9 Å². The van der Waals surface area contributed by atoms with Crippen LogP contribution in [-0.2, 0) is 11.2 Å². The highest BCUT2D eigenvalue weighted by Crippen LogP contribution is 2.04. The van der Waals surface area contributed by atoms with Crippen LogP contribution in [0.5, 0.6) is 0 Å². The van der Waals surface area contributed by atoms with Crippen molar-refractivity contribution >= 4 is 11.9 Å². The summed E-state index contributed by atoms with van der Waals surface area (Å²) in [6, 6.07) is 8.37. The zero-order valence-electron chi connectivity index (χ0n) is 8.67. The summed E-state index contributed by atoms with van der Waals surface area (Å²) in [6.07, 6.45) is 2.23. The van der Waals surface area contributed by atoms with Crippen LogP contribution in [0, 0.1) is 6.42 Å². The molecule has 0 heterocycles. The Balaban J connectivity index is 2.31. The number of amides is 3. The Morgan fingerprint density at radius 1 is 1.31 bits per heavy atom. The predicted molar refractivity (Wildman–Crippen MR) is 57.3 cm³/mol. The molecule has 3 N–H and O–H groups in total. The minimum absolute atomic E-state index is 0.0334. The van der Waals surface area contributed by atoms with Gasteiger partial charge in [0.05, 0.1) is 0 Å². The lowest BCUT2D eigenvalue weighted by Crippen LogP contribution is -2.37. The van der Waals surface area contributed by atoms with E-state index >= 15 is 0 Å². The van der Waals surface area contributed by atoms with Gasteiger partial charge in [0.2, 0.25) is 0 Å². The molecule has 1 aromatic rings. The van der Waals surface area contributed by atoms with E-state index in [1.807, 2.05) is 30.3 Å². The number of hydrogen-bond donors (Lipinski definition) is 2. The number of rotatable bonds is 4. The molecule has 5 heteroatoms. The molecule has 0 aliphatic carbocycles. The number of nitrogens with two attached hydrogens (primary N) is 1. The number of urea groups is 1. The van der Waals surface area contributed by atoms with Crippen LogP contribution in [0.2, 0.25) is 0 Å². The summed E-state index contributed by atoms with van der Waals surface area (Å²) < 4.78 is 0. The Morgan fingerprint density at radius 3 is 2.50 bits per heavy atom. The average Bonchev–Trinajstić information content (AvgIpc) is 2.29. The van der Waals surface area contributed by atoms with Crippen LogP contribution < -0.4 is 5.73 Å². The van der Waals surface area contributed by atoms with Crippen LogP contribution in [0.4, 0.5) is 4.79 Å². The number of imide groups is 1. The first-order chi connectivity index (χ1) is 7.61. The van der Waals surface area contributed by atoms with E-state index in [4.69, 9.17) is 10.9 Å². The molecule has 5 nitrogen and oxygen atoms in total. The largest absolute Gasteiger partial charge is 0.349 e. The highest BCUT2D eigenvalue weighted by atomic mass is 16.5. The Labute approximate surface area is 93.4 Å². The Kier molecular flexibility index (Phi) is 4.47. The van der Waals surface area contributed by atoms with Gasteiger partial charge in [0.1, 0.15) is 0 Å². The molecule has 1 rings (SSSR count). The van der Waals surface area contributed by atoms with Crippen molar-refractivity contribution in [3.63, 3.8) is 0 Å². The third-order valence-electron chi connectivity index (χ3n) is 1.99. The molecule has 0 aromatic heterocycles. The molecule has 0 aliphatic rings. The van der Waals surface area contributed by atoms with Crippen LogP contribution in [0.3, 0.4) is 0 Å². The molecule has 0 saturated carbocycles. The third kappa shape index (κ3) is 3.70. The zero-order chi connectivity index (χ0) is 12.0. The number of carbonyl (C=O) groups excluding carboxylic acids is 2. The van der Waals surface area contributed by atoms with E-state index in [1.54, 1.807) is 6.42 Å². The molecule has 85 valence electrons. The van der Waals surface area contributed by atoms with E-state index in [1.165, 1.54) is 0 Å². The fourth-order valence-electron chi connectivity index (χ4n) is 1.19. The van der Waals surface area contributed by atoms with Gasteiger partial charge in [0.25, 0.3) is 5.91 Å². The summed E-state index contributed by atoms with van der Waals surface area (Å²) in [4.78, 5) is 21.6. The van der Waals surface area contributed by atoms with Crippen molar-refractivity contribution in [3.8, 4) is 0 Å². The minimum atomic E-state index is -1.17. The van der Waals surface area contributed by atoms with Gasteiger partial charge in [-0.2, -0.15) is 0 Å². The second-order valence-electron chi connectivity index (χ2n) is 3.23. The van der Waals surface area contributed by atoms with Gasteiger partial charge in [-0.25, -0.2) is 4.79 Å². The standard InChI is InChI=1S/C11H13N2O3/c12-11(15)13(16)10(14)8-4-7-9-5-2-1-3-6-9/h1-6,16H,7-8H2,(H2,12,15). The molecule has 1 radical (unpaired) electrons. The van der Waals surface area contributed by atoms with E-state index in [2.05, 4.69) is 0 Å². The zero-order valence-corrected chi connectivity index (χ0v) is 8.67. The summed E-state index contributed by atoms with van der Waals surface area (Å²) in [5, 5.41) is 8.80. The van der Waals surface area contributed by atoms with E-state index in [0.29, 0.717) is 6.42 Å². The quantitative estimate of drug-likeness (QED) is 0.590. The van der Waals surface area contributed by atoms with E-state index in [0.717, 1.165) is 5.56 Å². The Bertz CT molecular complexity index is 365. The summed E-state index contributed by atoms with van der Waals surface area (Å²) >= 11 is 0. The SMILES string of the molecule is NC(=O)N(O)C(=O)C[CH]Cc1ccccc1. The van der Waals surface area contributed by atoms with Crippen molar-refractivity contribution < 1.29 is 14.8 Å². The first kappa shape index (κ1) is 12.2. The molecule has 16 heavy (non-hydrogen) atoms. The van der Waals surface area contributed by atoms with Gasteiger partial charge in [0, 0.05) is 6.42 Å². The van der Waals surface area contributed by atoms with Gasteiger partial charge < -0.3 is 5.73 Å². The number of primary amides is 1. The fourth-order valence-corrected chi connectivity index (χ4v) is 1.19. The van der Waals surface area contributed by atoms with Crippen LogP contribution in [0.25, 0.3) is 0 Å². The molecule has 3 amide bonds. The van der Waals surface area contributed by atoms with Crippen molar-refractivity contribution in [3.05, 3.63) is 42.3 Å². The molecule has 0 atom stereocenters. The lowest BCUT2D eigenvalue weighted by molar-refractivity contribution is -0.151. The van der Waals surface area contributed by atoms with Gasteiger partial charge in [-0.05, 0) is 18.4 Å². The Morgan fingerprint density at radius 2 is 1.94 bits per heavy atom. The van der Waals surface area contributed by atoms with Gasteiger partial charge in [0.15, 0.2) is 0 Å². The highest BCUT2D eigenvalue weighted by molar-refractivity contribution is 5.92. The molecule has 0 saturated heterocycles. The number of hydroxylamine groups is 2. The molecule has 0 aliphatic heterocycles. The number of hydrogen-bond acceptors (Lipinski definition) is 3. The molecule has 1 aromatic carbocycles. The smallest absolute Gasteiger partial charge is 0.345 e. The van der Waals surface area contributed by atoms with Crippen molar-refractivity contribution in [1.82, 2.24) is 5.06 Å². The van der Waals surface area contributed by atoms with Crippen LogP contribution >= 0.6 is 0 Å². The van der Waals surface area contributed by atoms with E-state index in [-0.39, 0.29) is 11.5 Å². The molecular formula is C11H13N2O3. The van der Waals surface area contributed by atoms with E-state index in [9.17, 15) is 9.59 Å². The van der Waals surface area contributed by atoms with Crippen molar-refractivity contribution in [2.75, 3.05) is 0 Å². The van der Waals surface area contributed by atoms with Crippen LogP contribution in [0.15, 0.2) is 30.3 Å². The lowest BCUT2D eigenvalue weighted by Gasteiger charge is -2.09. The second kappa shape index (κ2) is 5.87. The Hall–Kier alpha value is -1.88. The van der Waals surface area contributed by atoms with Gasteiger partial charge in [-0.1, -0.05) is 30.3 Å². The summed E-state index contributed by atoms with van der Waals surface area (Å²) in [5.41, 5.74) is 5.78. The highest BCUT2D eigenvalue weighted by Gasteiger charge is 2.15. The van der Waals surface area contributed by atoms with Gasteiger partial charge in [-0.15, -0.1) is 5.06 Å². The minimum Gasteiger partial charge on any atom is -0.349 e. The third-order valence-corrected chi connectivity index (χ3v) is 1.99. The topological polar surface area (TPSA) is 83.6 Å². The van der Waals surface area contributed by atoms with Crippen LogP contribution in [-0.4, -0.2) is 22.2 Å². The summed E-state index contributed by atoms with van der Waals surface area (Å²) in [7, 11) is 0. The van der Waals surface area contributed by atoms with Gasteiger partial charge in [-0.3, -0.25) is 10.0 Å². The number of nitrogens with zero attached hydrogens (tertiary/aromatic N) is 1. The number of carbonyl (C=O) groups is 2. The molecule has 0 bridgehead atoms. The molecule has 0 spiro atoms. The second-order valence-corrected chi connectivity index (χ2v) is 3.23. The van der Waals surface area contributed by atoms with Crippen LogP contribution in [0.1, 0.15) is 12.0 Å². The maximum Gasteiger partial charge on any atom is 0.345 e. The lowest BCUT2D eigenvalue weighted by atomic mass is 10.1. The molecule has 0 fully saturated rings. The summed E-state index contributed by atoms with van der Waals surface area (Å²) in [5.74, 6) is -0.733. The average molecular weight is 221 g/mol. The maximum atomic E-state index is 11.1. The first-order valence-electron chi connectivity index (χ1n) is 4.78. The molecule has 0 unspecified atom stereocenters. The van der Waals surface area contributed by atoms with Gasteiger partial charge >= 0.3 is 6.03 Å². The maximum absolute atomic E-state index is 11.1.